The number of hydrogen-bond donors (Lipinski definition) is 0. The summed E-state index contributed by atoms with van der Waals surface area (Å²) in [5.74, 6) is 0.971. The summed E-state index contributed by atoms with van der Waals surface area (Å²) in [5.41, 5.74) is 0. The van der Waals surface area contributed by atoms with Gasteiger partial charge in [0.15, 0.2) is 0 Å². The lowest BCUT2D eigenvalue weighted by atomic mass is 10.1. The molecule has 0 aliphatic carbocycles. The summed E-state index contributed by atoms with van der Waals surface area (Å²) in [7, 11) is -1.09. The van der Waals surface area contributed by atoms with Crippen LogP contribution in [-0.4, -0.2) is 15.9 Å². The van der Waals surface area contributed by atoms with Gasteiger partial charge in [0.25, 0.3) is 0 Å². The molecule has 87 valence electrons. The Labute approximate surface area is 103 Å². The van der Waals surface area contributed by atoms with Crippen LogP contribution in [0.3, 0.4) is 0 Å². The van der Waals surface area contributed by atoms with Gasteiger partial charge in [-0.1, -0.05) is 36.4 Å². The quantitative estimate of drug-likeness (QED) is 0.751. The van der Waals surface area contributed by atoms with E-state index in [9.17, 15) is 0 Å². The van der Waals surface area contributed by atoms with E-state index in [0.717, 1.165) is 18.4 Å². The second-order valence-corrected chi connectivity index (χ2v) is 5.99. The third-order valence-electron chi connectivity index (χ3n) is 3.01. The molecular weight excluding hydrogens is 228 g/mol. The molecule has 0 saturated carbocycles. The molecule has 0 N–H and O–H groups in total. The molecule has 0 unspecified atom stereocenters. The van der Waals surface area contributed by atoms with E-state index in [2.05, 4.69) is 24.3 Å². The van der Waals surface area contributed by atoms with Crippen LogP contribution in [0.1, 0.15) is 12.8 Å². The molecule has 1 heterocycles. The Morgan fingerprint density at radius 1 is 1.00 bits per heavy atom. The summed E-state index contributed by atoms with van der Waals surface area (Å²) in [5, 5.41) is 2.41. The third-order valence-corrected chi connectivity index (χ3v) is 4.75. The zero-order valence-electron chi connectivity index (χ0n) is 9.69. The molecular formula is C14H15O2Si. The van der Waals surface area contributed by atoms with Crippen LogP contribution >= 0.6 is 0 Å². The Morgan fingerprint density at radius 3 is 2.76 bits per heavy atom. The molecule has 0 amide bonds. The fraction of sp³-hybridized carbons (Fsp3) is 0.286. The SMILES string of the molecule is c1ccc2c(O[Si]3CCCCO3)cccc2c1. The van der Waals surface area contributed by atoms with E-state index < -0.39 is 9.28 Å². The fourth-order valence-electron chi connectivity index (χ4n) is 2.12. The van der Waals surface area contributed by atoms with Gasteiger partial charge in [-0.2, -0.15) is 0 Å². The Kier molecular flexibility index (Phi) is 3.11. The Bertz CT molecular complexity index is 501. The largest absolute Gasteiger partial charge is 0.518 e. The van der Waals surface area contributed by atoms with Gasteiger partial charge in [0.2, 0.25) is 0 Å². The van der Waals surface area contributed by atoms with Gasteiger partial charge in [0.1, 0.15) is 5.75 Å². The van der Waals surface area contributed by atoms with Crippen LogP contribution in [0.4, 0.5) is 0 Å². The minimum atomic E-state index is -1.09. The first-order valence-electron chi connectivity index (χ1n) is 6.08. The monoisotopic (exact) mass is 243 g/mol. The van der Waals surface area contributed by atoms with Crippen molar-refractivity contribution in [3.05, 3.63) is 42.5 Å². The van der Waals surface area contributed by atoms with Gasteiger partial charge in [-0.3, -0.25) is 0 Å². The van der Waals surface area contributed by atoms with Gasteiger partial charge in [-0.05, 0) is 24.3 Å². The van der Waals surface area contributed by atoms with Crippen molar-refractivity contribution in [3.63, 3.8) is 0 Å². The molecule has 1 fully saturated rings. The normalized spacial score (nSPS) is 17.2. The lowest BCUT2D eigenvalue weighted by Gasteiger charge is -2.21. The molecule has 2 aromatic rings. The molecule has 0 spiro atoms. The highest BCUT2D eigenvalue weighted by atomic mass is 28.3. The van der Waals surface area contributed by atoms with E-state index in [1.807, 2.05) is 18.2 Å². The van der Waals surface area contributed by atoms with Gasteiger partial charge < -0.3 is 8.85 Å². The average molecular weight is 243 g/mol. The second-order valence-electron chi connectivity index (χ2n) is 4.26. The van der Waals surface area contributed by atoms with Crippen LogP contribution in [0.5, 0.6) is 5.75 Å². The lowest BCUT2D eigenvalue weighted by Crippen LogP contribution is -2.30. The van der Waals surface area contributed by atoms with Crippen LogP contribution in [-0.2, 0) is 4.43 Å². The Morgan fingerprint density at radius 2 is 1.88 bits per heavy atom. The summed E-state index contributed by atoms with van der Waals surface area (Å²) in [6.07, 6.45) is 2.41. The maximum Gasteiger partial charge on any atom is 0.457 e. The maximum atomic E-state index is 6.05. The smallest absolute Gasteiger partial charge is 0.457 e. The van der Waals surface area contributed by atoms with Crippen LogP contribution in [0.2, 0.25) is 6.04 Å². The molecule has 1 aliphatic heterocycles. The highest BCUT2D eigenvalue weighted by Gasteiger charge is 2.22. The van der Waals surface area contributed by atoms with Gasteiger partial charge in [0.05, 0.1) is 0 Å². The lowest BCUT2D eigenvalue weighted by molar-refractivity contribution is 0.237. The molecule has 1 radical (unpaired) electrons. The van der Waals surface area contributed by atoms with Crippen molar-refractivity contribution in [1.82, 2.24) is 0 Å². The van der Waals surface area contributed by atoms with Crippen LogP contribution in [0.15, 0.2) is 42.5 Å². The number of benzene rings is 2. The summed E-state index contributed by atoms with van der Waals surface area (Å²) in [6, 6.07) is 15.6. The highest BCUT2D eigenvalue weighted by molar-refractivity contribution is 6.45. The van der Waals surface area contributed by atoms with Gasteiger partial charge in [-0.15, -0.1) is 0 Å². The molecule has 3 heteroatoms. The average Bonchev–Trinajstić information content (AvgIpc) is 2.40. The van der Waals surface area contributed by atoms with Gasteiger partial charge >= 0.3 is 9.28 Å². The Balaban J connectivity index is 1.89. The predicted molar refractivity (Wildman–Crippen MR) is 70.3 cm³/mol. The Hall–Kier alpha value is -1.32. The predicted octanol–water partition coefficient (Wildman–Crippen LogP) is 3.52. The van der Waals surface area contributed by atoms with E-state index >= 15 is 0 Å². The number of hydrogen-bond acceptors (Lipinski definition) is 2. The molecule has 0 atom stereocenters. The number of fused-ring (bicyclic) bond motifs is 1. The van der Waals surface area contributed by atoms with E-state index in [1.54, 1.807) is 0 Å². The topological polar surface area (TPSA) is 18.5 Å². The molecule has 17 heavy (non-hydrogen) atoms. The number of rotatable bonds is 2. The molecule has 2 nitrogen and oxygen atoms in total. The molecule has 0 bridgehead atoms. The summed E-state index contributed by atoms with van der Waals surface area (Å²) in [6.45, 7) is 0.860. The van der Waals surface area contributed by atoms with Crippen LogP contribution < -0.4 is 4.43 Å². The molecule has 1 aliphatic rings. The van der Waals surface area contributed by atoms with Crippen molar-refractivity contribution in [3.8, 4) is 5.75 Å². The summed E-state index contributed by atoms with van der Waals surface area (Å²) < 4.78 is 11.8. The first-order chi connectivity index (χ1) is 8.43. The van der Waals surface area contributed by atoms with Crippen molar-refractivity contribution in [2.45, 2.75) is 18.9 Å². The van der Waals surface area contributed by atoms with Crippen molar-refractivity contribution in [2.75, 3.05) is 6.61 Å². The molecule has 0 aromatic heterocycles. The van der Waals surface area contributed by atoms with Gasteiger partial charge in [0, 0.05) is 18.0 Å². The van der Waals surface area contributed by atoms with Crippen LogP contribution in [0.25, 0.3) is 10.8 Å². The molecule has 2 aromatic carbocycles. The van der Waals surface area contributed by atoms with E-state index in [1.165, 1.54) is 23.6 Å². The molecule has 1 saturated heterocycles. The zero-order valence-corrected chi connectivity index (χ0v) is 10.7. The zero-order chi connectivity index (χ0) is 11.5. The van der Waals surface area contributed by atoms with Crippen molar-refractivity contribution < 1.29 is 8.85 Å². The summed E-state index contributed by atoms with van der Waals surface area (Å²) in [4.78, 5) is 0. The first kappa shape index (κ1) is 10.8. The van der Waals surface area contributed by atoms with E-state index in [4.69, 9.17) is 8.85 Å². The van der Waals surface area contributed by atoms with E-state index in [-0.39, 0.29) is 0 Å². The minimum absolute atomic E-state index is 0.860. The molecule has 3 rings (SSSR count). The van der Waals surface area contributed by atoms with Crippen molar-refractivity contribution in [2.24, 2.45) is 0 Å². The van der Waals surface area contributed by atoms with Crippen molar-refractivity contribution in [1.29, 1.82) is 0 Å². The standard InChI is InChI=1S/C14H15O2Si/c1-2-8-13-12(6-1)7-5-9-14(13)16-17-11-4-3-10-15-17/h1-2,5-9H,3-4,10-11H2. The van der Waals surface area contributed by atoms with Crippen LogP contribution in [0, 0.1) is 0 Å². The maximum absolute atomic E-state index is 6.05. The van der Waals surface area contributed by atoms with Gasteiger partial charge in [-0.25, -0.2) is 0 Å². The van der Waals surface area contributed by atoms with E-state index in [0.29, 0.717) is 0 Å². The fourth-order valence-corrected chi connectivity index (χ4v) is 3.76. The third kappa shape index (κ3) is 2.35. The minimum Gasteiger partial charge on any atom is -0.518 e. The highest BCUT2D eigenvalue weighted by Crippen LogP contribution is 2.27. The van der Waals surface area contributed by atoms with Crippen molar-refractivity contribution >= 4 is 20.1 Å². The second kappa shape index (κ2) is 4.90. The summed E-state index contributed by atoms with van der Waals surface area (Å²) >= 11 is 0. The first-order valence-corrected chi connectivity index (χ1v) is 7.60.